The van der Waals surface area contributed by atoms with Gasteiger partial charge in [-0.1, -0.05) is 12.8 Å². The average molecular weight is 247 g/mol. The van der Waals surface area contributed by atoms with Gasteiger partial charge in [-0.05, 0) is 26.3 Å². The van der Waals surface area contributed by atoms with Gasteiger partial charge in [0.15, 0.2) is 9.84 Å². The first-order valence-corrected chi connectivity index (χ1v) is 7.96. The third kappa shape index (κ3) is 2.57. The van der Waals surface area contributed by atoms with Crippen molar-refractivity contribution in [2.75, 3.05) is 18.1 Å². The summed E-state index contributed by atoms with van der Waals surface area (Å²) in [6.07, 6.45) is 3.98. The molecule has 0 aromatic rings. The number of rotatable bonds is 1. The smallest absolute Gasteiger partial charge is 0.154 e. The minimum absolute atomic E-state index is 0.0547. The molecule has 4 nitrogen and oxygen atoms in total. The minimum Gasteiger partial charge on any atom is -0.390 e. The fraction of sp³-hybridized carbons (Fsp3) is 1.00. The van der Waals surface area contributed by atoms with Crippen LogP contribution in [0.2, 0.25) is 0 Å². The van der Waals surface area contributed by atoms with E-state index in [9.17, 15) is 13.5 Å². The van der Waals surface area contributed by atoms with Crippen LogP contribution in [0.5, 0.6) is 0 Å². The lowest BCUT2D eigenvalue weighted by atomic mass is 10.1. The molecule has 2 aliphatic heterocycles. The Morgan fingerprint density at radius 2 is 1.94 bits per heavy atom. The molecule has 94 valence electrons. The maximum absolute atomic E-state index is 11.5. The lowest BCUT2D eigenvalue weighted by molar-refractivity contribution is 0.0605. The highest BCUT2D eigenvalue weighted by molar-refractivity contribution is 7.91. The van der Waals surface area contributed by atoms with Gasteiger partial charge in [0.05, 0.1) is 23.7 Å². The first kappa shape index (κ1) is 12.3. The Morgan fingerprint density at radius 1 is 1.19 bits per heavy atom. The van der Waals surface area contributed by atoms with Crippen molar-refractivity contribution in [2.45, 2.75) is 50.8 Å². The molecule has 2 fully saturated rings. The molecule has 0 saturated carbocycles. The summed E-state index contributed by atoms with van der Waals surface area (Å²) in [6.45, 7) is 3.07. The van der Waals surface area contributed by atoms with E-state index in [-0.39, 0.29) is 17.5 Å². The summed E-state index contributed by atoms with van der Waals surface area (Å²) in [5.74, 6) is 0.0827. The molecule has 2 saturated heterocycles. The molecule has 0 radical (unpaired) electrons. The van der Waals surface area contributed by atoms with Crippen molar-refractivity contribution in [3.05, 3.63) is 0 Å². The molecular formula is C11H21NO3S. The summed E-state index contributed by atoms with van der Waals surface area (Å²) in [5, 5.41) is 9.87. The van der Waals surface area contributed by atoms with Crippen LogP contribution in [-0.2, 0) is 9.84 Å². The summed E-state index contributed by atoms with van der Waals surface area (Å²) in [7, 11) is -3.02. The highest BCUT2D eigenvalue weighted by atomic mass is 32.2. The standard InChI is InChI=1S/C11H21NO3S/c1-9-5-3-2-4-6-12(9)10-7-16(14,15)8-11(10)13/h9-11,13H,2-8H2,1H3. The third-order valence-electron chi connectivity index (χ3n) is 3.82. The van der Waals surface area contributed by atoms with Crippen molar-refractivity contribution in [2.24, 2.45) is 0 Å². The molecule has 3 unspecified atom stereocenters. The van der Waals surface area contributed by atoms with Crippen molar-refractivity contribution in [1.82, 2.24) is 4.90 Å². The van der Waals surface area contributed by atoms with E-state index in [1.54, 1.807) is 0 Å². The van der Waals surface area contributed by atoms with Crippen LogP contribution in [0.15, 0.2) is 0 Å². The quantitative estimate of drug-likeness (QED) is 0.729. The van der Waals surface area contributed by atoms with Gasteiger partial charge >= 0.3 is 0 Å². The second kappa shape index (κ2) is 4.63. The summed E-state index contributed by atoms with van der Waals surface area (Å²) < 4.78 is 23.0. The maximum Gasteiger partial charge on any atom is 0.154 e. The number of aliphatic hydroxyl groups is 1. The molecule has 2 rings (SSSR count). The Balaban J connectivity index is 2.11. The topological polar surface area (TPSA) is 57.6 Å². The molecule has 0 spiro atoms. The second-order valence-electron chi connectivity index (χ2n) is 5.15. The van der Waals surface area contributed by atoms with Crippen molar-refractivity contribution in [3.8, 4) is 0 Å². The Kier molecular flexibility index (Phi) is 3.56. The summed E-state index contributed by atoms with van der Waals surface area (Å²) in [4.78, 5) is 2.21. The van der Waals surface area contributed by atoms with Crippen LogP contribution < -0.4 is 0 Å². The van der Waals surface area contributed by atoms with E-state index in [1.165, 1.54) is 12.8 Å². The predicted octanol–water partition coefficient (Wildman–Crippen LogP) is 0.409. The number of hydrogen-bond donors (Lipinski definition) is 1. The molecule has 0 aliphatic carbocycles. The zero-order valence-electron chi connectivity index (χ0n) is 9.80. The van der Waals surface area contributed by atoms with Gasteiger partial charge in [0, 0.05) is 6.04 Å². The van der Waals surface area contributed by atoms with Gasteiger partial charge in [0.1, 0.15) is 0 Å². The maximum atomic E-state index is 11.5. The molecule has 3 atom stereocenters. The highest BCUT2D eigenvalue weighted by Gasteiger charge is 2.41. The van der Waals surface area contributed by atoms with Crippen molar-refractivity contribution < 1.29 is 13.5 Å². The van der Waals surface area contributed by atoms with Gasteiger partial charge < -0.3 is 5.11 Å². The number of nitrogens with zero attached hydrogens (tertiary/aromatic N) is 1. The highest BCUT2D eigenvalue weighted by Crippen LogP contribution is 2.25. The van der Waals surface area contributed by atoms with Gasteiger partial charge in [0.25, 0.3) is 0 Å². The number of sulfone groups is 1. The van der Waals surface area contributed by atoms with Crippen LogP contribution in [-0.4, -0.2) is 54.7 Å². The molecule has 0 amide bonds. The van der Waals surface area contributed by atoms with Crippen LogP contribution >= 0.6 is 0 Å². The van der Waals surface area contributed by atoms with E-state index in [4.69, 9.17) is 0 Å². The van der Waals surface area contributed by atoms with E-state index in [2.05, 4.69) is 11.8 Å². The van der Waals surface area contributed by atoms with E-state index < -0.39 is 15.9 Å². The lowest BCUT2D eigenvalue weighted by Gasteiger charge is -2.33. The minimum atomic E-state index is -3.02. The zero-order chi connectivity index (χ0) is 11.8. The fourth-order valence-electron chi connectivity index (χ4n) is 2.92. The normalized spacial score (nSPS) is 40.8. The van der Waals surface area contributed by atoms with E-state index in [0.717, 1.165) is 19.4 Å². The zero-order valence-corrected chi connectivity index (χ0v) is 10.6. The predicted molar refractivity (Wildman–Crippen MR) is 63.1 cm³/mol. The van der Waals surface area contributed by atoms with Crippen LogP contribution in [0.3, 0.4) is 0 Å². The first-order valence-electron chi connectivity index (χ1n) is 6.14. The van der Waals surface area contributed by atoms with E-state index >= 15 is 0 Å². The Labute approximate surface area is 97.6 Å². The molecular weight excluding hydrogens is 226 g/mol. The average Bonchev–Trinajstić information content (AvgIpc) is 2.37. The van der Waals surface area contributed by atoms with Gasteiger partial charge in [-0.2, -0.15) is 0 Å². The molecule has 0 aromatic heterocycles. The van der Waals surface area contributed by atoms with Crippen molar-refractivity contribution in [1.29, 1.82) is 0 Å². The van der Waals surface area contributed by atoms with Crippen molar-refractivity contribution >= 4 is 9.84 Å². The lowest BCUT2D eigenvalue weighted by Crippen LogP contribution is -2.47. The fourth-order valence-corrected chi connectivity index (χ4v) is 4.73. The van der Waals surface area contributed by atoms with Crippen LogP contribution in [0.4, 0.5) is 0 Å². The number of hydrogen-bond acceptors (Lipinski definition) is 4. The molecule has 2 aliphatic rings. The SMILES string of the molecule is CC1CCCCCN1C1CS(=O)(=O)CC1O. The van der Waals surface area contributed by atoms with Gasteiger partial charge in [0.2, 0.25) is 0 Å². The monoisotopic (exact) mass is 247 g/mol. The Morgan fingerprint density at radius 3 is 2.56 bits per heavy atom. The Bertz CT molecular complexity index is 341. The van der Waals surface area contributed by atoms with Gasteiger partial charge in [-0.25, -0.2) is 8.42 Å². The molecule has 2 heterocycles. The summed E-state index contributed by atoms with van der Waals surface area (Å²) in [5.41, 5.74) is 0. The third-order valence-corrected chi connectivity index (χ3v) is 5.52. The second-order valence-corrected chi connectivity index (χ2v) is 7.30. The van der Waals surface area contributed by atoms with E-state index in [1.807, 2.05) is 0 Å². The van der Waals surface area contributed by atoms with E-state index in [0.29, 0.717) is 6.04 Å². The van der Waals surface area contributed by atoms with Gasteiger partial charge in [-0.3, -0.25) is 4.90 Å². The molecule has 0 bridgehead atoms. The number of aliphatic hydroxyl groups excluding tert-OH is 1. The largest absolute Gasteiger partial charge is 0.390 e. The molecule has 16 heavy (non-hydrogen) atoms. The van der Waals surface area contributed by atoms with Gasteiger partial charge in [-0.15, -0.1) is 0 Å². The molecule has 5 heteroatoms. The Hall–Kier alpha value is -0.130. The molecule has 1 N–H and O–H groups in total. The molecule has 0 aromatic carbocycles. The summed E-state index contributed by atoms with van der Waals surface area (Å²) in [6, 6.07) is 0.230. The van der Waals surface area contributed by atoms with Crippen LogP contribution in [0.25, 0.3) is 0 Å². The van der Waals surface area contributed by atoms with Crippen LogP contribution in [0.1, 0.15) is 32.6 Å². The van der Waals surface area contributed by atoms with Crippen LogP contribution in [0, 0.1) is 0 Å². The number of likely N-dealkylation sites (tertiary alicyclic amines) is 1. The first-order chi connectivity index (χ1) is 7.49. The summed E-state index contributed by atoms with van der Waals surface area (Å²) >= 11 is 0. The van der Waals surface area contributed by atoms with Crippen molar-refractivity contribution in [3.63, 3.8) is 0 Å².